The van der Waals surface area contributed by atoms with Crippen molar-refractivity contribution in [1.82, 2.24) is 15.0 Å². The molecule has 0 radical (unpaired) electrons. The molecule has 0 fully saturated rings. The molecule has 0 amide bonds. The zero-order valence-electron chi connectivity index (χ0n) is 16.0. The van der Waals surface area contributed by atoms with Crippen molar-refractivity contribution in [2.75, 3.05) is 11.1 Å². The number of nitro benzene ring substituents is 1. The molecule has 1 aromatic heterocycles. The van der Waals surface area contributed by atoms with E-state index in [4.69, 9.17) is 10.5 Å². The highest BCUT2D eigenvalue weighted by Gasteiger charge is 2.08. The number of nitrogens with one attached hydrogen (secondary N) is 1. The van der Waals surface area contributed by atoms with E-state index in [0.29, 0.717) is 5.56 Å². The molecule has 0 saturated heterocycles. The average molecular weight is 406 g/mol. The number of carbonyl (C=O) groups is 1. The van der Waals surface area contributed by atoms with E-state index in [1.165, 1.54) is 24.3 Å². The van der Waals surface area contributed by atoms with Crippen LogP contribution in [0.3, 0.4) is 0 Å². The van der Waals surface area contributed by atoms with E-state index in [9.17, 15) is 14.9 Å². The fourth-order valence-electron chi connectivity index (χ4n) is 2.41. The van der Waals surface area contributed by atoms with Gasteiger partial charge in [-0.3, -0.25) is 10.1 Å². The van der Waals surface area contributed by atoms with Gasteiger partial charge in [0.15, 0.2) is 12.4 Å². The molecule has 0 aliphatic heterocycles. The molecule has 0 saturated carbocycles. The van der Waals surface area contributed by atoms with E-state index >= 15 is 0 Å². The number of hydrogen-bond donors (Lipinski definition) is 2. The first-order chi connectivity index (χ1) is 14.4. The van der Waals surface area contributed by atoms with Crippen LogP contribution in [0.4, 0.5) is 23.3 Å². The second kappa shape index (κ2) is 9.24. The predicted octanol–water partition coefficient (Wildman–Crippen LogP) is 3.17. The Kier molecular flexibility index (Phi) is 6.28. The normalized spacial score (nSPS) is 10.7. The molecule has 1 heterocycles. The quantitative estimate of drug-likeness (QED) is 0.261. The standard InChI is InChI=1S/C20H18N6O4/c1-13-5-8-15(9-6-13)22-20-24-17(23-19(21)25-20)12-30-18(27)10-7-14-3-2-4-16(11-14)26(28)29/h2-11H,12H2,1H3,(H3,21,22,23,24,25)/b10-7+. The largest absolute Gasteiger partial charge is 0.454 e. The van der Waals surface area contributed by atoms with Gasteiger partial charge in [-0.25, -0.2) is 4.79 Å². The Balaban J connectivity index is 1.61. The molecule has 3 aromatic rings. The van der Waals surface area contributed by atoms with Gasteiger partial charge >= 0.3 is 5.97 Å². The van der Waals surface area contributed by atoms with Gasteiger partial charge in [0.05, 0.1) is 4.92 Å². The molecule has 0 aliphatic rings. The molecule has 152 valence electrons. The zero-order chi connectivity index (χ0) is 21.5. The molecular formula is C20H18N6O4. The topological polar surface area (TPSA) is 146 Å². The summed E-state index contributed by atoms with van der Waals surface area (Å²) in [5, 5.41) is 13.8. The highest BCUT2D eigenvalue weighted by molar-refractivity contribution is 5.87. The Morgan fingerprint density at radius 3 is 2.70 bits per heavy atom. The number of carbonyl (C=O) groups excluding carboxylic acids is 1. The second-order valence-electron chi connectivity index (χ2n) is 6.22. The lowest BCUT2D eigenvalue weighted by atomic mass is 10.2. The number of anilines is 3. The number of nitro groups is 1. The number of non-ortho nitro benzene ring substituents is 1. The molecule has 0 atom stereocenters. The number of nitrogens with two attached hydrogens (primary N) is 1. The maximum absolute atomic E-state index is 11.9. The Morgan fingerprint density at radius 2 is 1.97 bits per heavy atom. The highest BCUT2D eigenvalue weighted by Crippen LogP contribution is 2.15. The maximum atomic E-state index is 11.9. The summed E-state index contributed by atoms with van der Waals surface area (Å²) in [7, 11) is 0. The SMILES string of the molecule is Cc1ccc(Nc2nc(N)nc(COC(=O)/C=C/c3cccc([N+](=O)[O-])c3)n2)cc1. The smallest absolute Gasteiger partial charge is 0.331 e. The Hall–Kier alpha value is -4.34. The fourth-order valence-corrected chi connectivity index (χ4v) is 2.41. The van der Waals surface area contributed by atoms with Crippen molar-refractivity contribution in [2.24, 2.45) is 0 Å². The Bertz CT molecular complexity index is 1100. The monoisotopic (exact) mass is 406 g/mol. The Labute approximate surface area is 171 Å². The minimum atomic E-state index is -0.659. The summed E-state index contributed by atoms with van der Waals surface area (Å²) in [4.78, 5) is 34.4. The van der Waals surface area contributed by atoms with Crippen molar-refractivity contribution in [3.8, 4) is 0 Å². The number of rotatable bonds is 7. The van der Waals surface area contributed by atoms with Gasteiger partial charge in [0, 0.05) is 23.9 Å². The summed E-state index contributed by atoms with van der Waals surface area (Å²) in [5.74, 6) is -0.273. The van der Waals surface area contributed by atoms with Gasteiger partial charge in [-0.15, -0.1) is 0 Å². The van der Waals surface area contributed by atoms with Gasteiger partial charge < -0.3 is 15.8 Å². The van der Waals surface area contributed by atoms with Crippen molar-refractivity contribution >= 4 is 35.3 Å². The van der Waals surface area contributed by atoms with Crippen molar-refractivity contribution in [3.05, 3.63) is 81.7 Å². The minimum Gasteiger partial charge on any atom is -0.454 e. The number of aromatic nitrogens is 3. The first-order valence-corrected chi connectivity index (χ1v) is 8.82. The molecular weight excluding hydrogens is 388 g/mol. The number of nitrogen functional groups attached to an aromatic ring is 1. The summed E-state index contributed by atoms with van der Waals surface area (Å²) < 4.78 is 5.11. The summed E-state index contributed by atoms with van der Waals surface area (Å²) in [5.41, 5.74) is 8.02. The van der Waals surface area contributed by atoms with Crippen molar-refractivity contribution in [1.29, 1.82) is 0 Å². The number of ether oxygens (including phenoxy) is 1. The third-order valence-corrected chi connectivity index (χ3v) is 3.84. The zero-order valence-corrected chi connectivity index (χ0v) is 16.0. The van der Waals surface area contributed by atoms with Crippen molar-refractivity contribution in [3.63, 3.8) is 0 Å². The molecule has 0 unspecified atom stereocenters. The number of aryl methyl sites for hydroxylation is 1. The van der Waals surface area contributed by atoms with Crippen LogP contribution in [0.25, 0.3) is 6.08 Å². The third kappa shape index (κ3) is 5.83. The first kappa shape index (κ1) is 20.4. The van der Waals surface area contributed by atoms with Crippen LogP contribution in [0.2, 0.25) is 0 Å². The highest BCUT2D eigenvalue weighted by atomic mass is 16.6. The average Bonchev–Trinajstić information content (AvgIpc) is 2.72. The van der Waals surface area contributed by atoms with E-state index in [1.807, 2.05) is 31.2 Å². The van der Waals surface area contributed by atoms with Gasteiger partial charge in [0.1, 0.15) is 0 Å². The van der Waals surface area contributed by atoms with Crippen LogP contribution in [0.1, 0.15) is 17.0 Å². The van der Waals surface area contributed by atoms with Gasteiger partial charge in [-0.1, -0.05) is 29.8 Å². The minimum absolute atomic E-state index is 0.0159. The molecule has 3 N–H and O–H groups in total. The third-order valence-electron chi connectivity index (χ3n) is 3.84. The van der Waals surface area contributed by atoms with E-state index < -0.39 is 10.9 Å². The molecule has 0 aliphatic carbocycles. The maximum Gasteiger partial charge on any atom is 0.331 e. The van der Waals surface area contributed by atoms with E-state index in [0.717, 1.165) is 17.3 Å². The Morgan fingerprint density at radius 1 is 1.20 bits per heavy atom. The number of hydrogen-bond acceptors (Lipinski definition) is 9. The molecule has 30 heavy (non-hydrogen) atoms. The second-order valence-corrected chi connectivity index (χ2v) is 6.22. The van der Waals surface area contributed by atoms with Crippen LogP contribution in [0.15, 0.2) is 54.6 Å². The van der Waals surface area contributed by atoms with E-state index in [1.54, 1.807) is 6.07 Å². The van der Waals surface area contributed by atoms with Crippen LogP contribution in [-0.4, -0.2) is 25.8 Å². The lowest BCUT2D eigenvalue weighted by Gasteiger charge is -2.07. The number of esters is 1. The van der Waals surface area contributed by atoms with Crippen LogP contribution in [0.5, 0.6) is 0 Å². The molecule has 0 spiro atoms. The van der Waals surface area contributed by atoms with Gasteiger partial charge in [0.2, 0.25) is 11.9 Å². The number of nitrogens with zero attached hydrogens (tertiary/aromatic N) is 4. The lowest BCUT2D eigenvalue weighted by molar-refractivity contribution is -0.384. The van der Waals surface area contributed by atoms with Gasteiger partial charge in [0.25, 0.3) is 5.69 Å². The van der Waals surface area contributed by atoms with Crippen molar-refractivity contribution in [2.45, 2.75) is 13.5 Å². The van der Waals surface area contributed by atoms with E-state index in [-0.39, 0.29) is 30.0 Å². The summed E-state index contributed by atoms with van der Waals surface area (Å²) in [6, 6.07) is 13.5. The van der Waals surface area contributed by atoms with Crippen LogP contribution >= 0.6 is 0 Å². The van der Waals surface area contributed by atoms with Crippen LogP contribution < -0.4 is 11.1 Å². The van der Waals surface area contributed by atoms with Crippen LogP contribution in [0, 0.1) is 17.0 Å². The molecule has 10 nitrogen and oxygen atoms in total. The predicted molar refractivity (Wildman–Crippen MR) is 111 cm³/mol. The molecule has 2 aromatic carbocycles. The molecule has 3 rings (SSSR count). The fraction of sp³-hybridized carbons (Fsp3) is 0.100. The van der Waals surface area contributed by atoms with Gasteiger partial charge in [-0.05, 0) is 30.7 Å². The lowest BCUT2D eigenvalue weighted by Crippen LogP contribution is -2.10. The van der Waals surface area contributed by atoms with E-state index in [2.05, 4.69) is 20.3 Å². The summed E-state index contributed by atoms with van der Waals surface area (Å²) >= 11 is 0. The summed E-state index contributed by atoms with van der Waals surface area (Å²) in [6.07, 6.45) is 2.58. The van der Waals surface area contributed by atoms with Gasteiger partial charge in [-0.2, -0.15) is 15.0 Å². The molecule has 10 heteroatoms. The van der Waals surface area contributed by atoms with Crippen molar-refractivity contribution < 1.29 is 14.5 Å². The molecule has 0 bridgehead atoms. The number of benzene rings is 2. The van der Waals surface area contributed by atoms with Crippen LogP contribution in [-0.2, 0) is 16.1 Å². The summed E-state index contributed by atoms with van der Waals surface area (Å²) in [6.45, 7) is 1.76. The first-order valence-electron chi connectivity index (χ1n) is 8.82.